The average Bonchev–Trinajstić information content (AvgIpc) is 2.10. The number of carbonyl (C=O) groups is 1. The van der Waals surface area contributed by atoms with Crippen molar-refractivity contribution in [1.29, 1.82) is 0 Å². The van der Waals surface area contributed by atoms with Crippen molar-refractivity contribution in [1.82, 2.24) is 0 Å². The molecular formula is C9H19NO3. The summed E-state index contributed by atoms with van der Waals surface area (Å²) in [7, 11) is 0. The summed E-state index contributed by atoms with van der Waals surface area (Å²) in [6, 6.07) is -0.883. The molecule has 0 radical (unpaired) electrons. The highest BCUT2D eigenvalue weighted by Crippen LogP contribution is 1.98. The summed E-state index contributed by atoms with van der Waals surface area (Å²) in [6.07, 6.45) is 4.52. The maximum atomic E-state index is 10.3. The molecule has 0 aliphatic carbocycles. The molecule has 3 N–H and O–H groups in total. The minimum Gasteiger partial charge on any atom is -0.480 e. The molecular weight excluding hydrogens is 170 g/mol. The van der Waals surface area contributed by atoms with Crippen LogP contribution in [0.5, 0.6) is 0 Å². The third-order valence-corrected chi connectivity index (χ3v) is 1.76. The maximum absolute atomic E-state index is 10.3. The number of hydrogen-bond acceptors (Lipinski definition) is 3. The van der Waals surface area contributed by atoms with Crippen LogP contribution < -0.4 is 5.73 Å². The molecule has 0 aromatic heterocycles. The Hall–Kier alpha value is -0.610. The Morgan fingerprint density at radius 3 is 2.69 bits per heavy atom. The number of nitrogens with two attached hydrogens (primary N) is 1. The molecule has 1 unspecified atom stereocenters. The van der Waals surface area contributed by atoms with Crippen LogP contribution in [-0.4, -0.2) is 30.3 Å². The van der Waals surface area contributed by atoms with Gasteiger partial charge in [0, 0.05) is 6.61 Å². The van der Waals surface area contributed by atoms with Crippen LogP contribution in [0, 0.1) is 0 Å². The van der Waals surface area contributed by atoms with Gasteiger partial charge in [-0.1, -0.05) is 26.2 Å². The van der Waals surface area contributed by atoms with E-state index in [0.29, 0.717) is 6.61 Å². The molecule has 0 aromatic carbocycles. The molecule has 0 fully saturated rings. The molecule has 1 atom stereocenters. The smallest absolute Gasteiger partial charge is 0.322 e. The minimum absolute atomic E-state index is 0.113. The molecule has 0 aliphatic rings. The third-order valence-electron chi connectivity index (χ3n) is 1.76. The van der Waals surface area contributed by atoms with Gasteiger partial charge in [0.25, 0.3) is 0 Å². The van der Waals surface area contributed by atoms with Gasteiger partial charge < -0.3 is 15.6 Å². The second-order valence-electron chi connectivity index (χ2n) is 3.08. The first kappa shape index (κ1) is 12.4. The van der Waals surface area contributed by atoms with Crippen molar-refractivity contribution in [3.63, 3.8) is 0 Å². The summed E-state index contributed by atoms with van der Waals surface area (Å²) < 4.78 is 5.10. The Morgan fingerprint density at radius 1 is 1.46 bits per heavy atom. The zero-order valence-electron chi connectivity index (χ0n) is 8.16. The first-order valence-corrected chi connectivity index (χ1v) is 4.74. The number of rotatable bonds is 8. The van der Waals surface area contributed by atoms with E-state index in [0.717, 1.165) is 12.8 Å². The molecule has 0 saturated heterocycles. The Balaban J connectivity index is 3.11. The normalized spacial score (nSPS) is 12.8. The maximum Gasteiger partial charge on any atom is 0.322 e. The fourth-order valence-corrected chi connectivity index (χ4v) is 0.912. The topological polar surface area (TPSA) is 72.5 Å². The Kier molecular flexibility index (Phi) is 7.63. The molecule has 4 nitrogen and oxygen atoms in total. The zero-order chi connectivity index (χ0) is 10.1. The van der Waals surface area contributed by atoms with Gasteiger partial charge in [-0.05, 0) is 6.42 Å². The summed E-state index contributed by atoms with van der Waals surface area (Å²) in [6.45, 7) is 2.86. The van der Waals surface area contributed by atoms with Crippen molar-refractivity contribution in [2.45, 2.75) is 38.6 Å². The van der Waals surface area contributed by atoms with Crippen LogP contribution in [0.4, 0.5) is 0 Å². The van der Waals surface area contributed by atoms with Crippen molar-refractivity contribution in [3.05, 3.63) is 0 Å². The number of ether oxygens (including phenoxy) is 1. The van der Waals surface area contributed by atoms with E-state index < -0.39 is 12.0 Å². The highest BCUT2D eigenvalue weighted by molar-refractivity contribution is 5.73. The molecule has 4 heteroatoms. The fourth-order valence-electron chi connectivity index (χ4n) is 0.912. The molecule has 0 saturated carbocycles. The summed E-state index contributed by atoms with van der Waals surface area (Å²) in [4.78, 5) is 10.3. The highest BCUT2D eigenvalue weighted by Gasteiger charge is 2.10. The lowest BCUT2D eigenvalue weighted by molar-refractivity contribution is -0.140. The number of hydrogen-bond donors (Lipinski definition) is 2. The summed E-state index contributed by atoms with van der Waals surface area (Å²) in [5.74, 6) is -1.01. The van der Waals surface area contributed by atoms with Crippen LogP contribution in [0.3, 0.4) is 0 Å². The summed E-state index contributed by atoms with van der Waals surface area (Å²) in [5.41, 5.74) is 5.23. The van der Waals surface area contributed by atoms with Gasteiger partial charge in [0.2, 0.25) is 0 Å². The predicted octanol–water partition coefficient (Wildman–Crippen LogP) is 0.995. The van der Waals surface area contributed by atoms with Crippen molar-refractivity contribution >= 4 is 5.97 Å². The molecule has 0 rings (SSSR count). The lowest BCUT2D eigenvalue weighted by atomic mass is 10.2. The predicted molar refractivity (Wildman–Crippen MR) is 50.6 cm³/mol. The van der Waals surface area contributed by atoms with Crippen molar-refractivity contribution < 1.29 is 14.6 Å². The van der Waals surface area contributed by atoms with Crippen LogP contribution in [0.2, 0.25) is 0 Å². The van der Waals surface area contributed by atoms with E-state index in [-0.39, 0.29) is 6.61 Å². The Bertz CT molecular complexity index is 139. The van der Waals surface area contributed by atoms with Gasteiger partial charge >= 0.3 is 5.97 Å². The van der Waals surface area contributed by atoms with Gasteiger partial charge in [0.15, 0.2) is 0 Å². The van der Waals surface area contributed by atoms with Gasteiger partial charge in [0.05, 0.1) is 6.61 Å². The van der Waals surface area contributed by atoms with Gasteiger partial charge in [0.1, 0.15) is 6.04 Å². The van der Waals surface area contributed by atoms with Gasteiger partial charge in [-0.2, -0.15) is 0 Å². The van der Waals surface area contributed by atoms with E-state index in [1.165, 1.54) is 12.8 Å². The quantitative estimate of drug-likeness (QED) is 0.559. The van der Waals surface area contributed by atoms with E-state index in [1.54, 1.807) is 0 Å². The van der Waals surface area contributed by atoms with Crippen molar-refractivity contribution in [2.24, 2.45) is 5.73 Å². The van der Waals surface area contributed by atoms with Crippen LogP contribution in [0.1, 0.15) is 32.6 Å². The molecule has 0 aromatic rings. The van der Waals surface area contributed by atoms with E-state index in [9.17, 15) is 4.79 Å². The minimum atomic E-state index is -1.01. The largest absolute Gasteiger partial charge is 0.480 e. The lowest BCUT2D eigenvalue weighted by Gasteiger charge is -2.06. The van der Waals surface area contributed by atoms with Crippen molar-refractivity contribution in [3.8, 4) is 0 Å². The SMILES string of the molecule is CCCCCCOCC(N)C(=O)O. The second kappa shape index (κ2) is 8.01. The lowest BCUT2D eigenvalue weighted by Crippen LogP contribution is -2.34. The number of aliphatic carboxylic acids is 1. The van der Waals surface area contributed by atoms with Crippen LogP contribution >= 0.6 is 0 Å². The van der Waals surface area contributed by atoms with Gasteiger partial charge in [-0.3, -0.25) is 4.79 Å². The number of carboxylic acids is 1. The van der Waals surface area contributed by atoms with Crippen LogP contribution in [-0.2, 0) is 9.53 Å². The molecule has 0 aliphatic heterocycles. The molecule has 0 spiro atoms. The van der Waals surface area contributed by atoms with Crippen LogP contribution in [0.15, 0.2) is 0 Å². The standard InChI is InChI=1S/C9H19NO3/c1-2-3-4-5-6-13-7-8(10)9(11)12/h8H,2-7,10H2,1H3,(H,11,12). The Morgan fingerprint density at radius 2 is 2.15 bits per heavy atom. The molecule has 0 bridgehead atoms. The average molecular weight is 189 g/mol. The molecule has 78 valence electrons. The van der Waals surface area contributed by atoms with E-state index in [1.807, 2.05) is 0 Å². The van der Waals surface area contributed by atoms with E-state index in [2.05, 4.69) is 6.92 Å². The third kappa shape index (κ3) is 7.74. The first-order chi connectivity index (χ1) is 6.18. The monoisotopic (exact) mass is 189 g/mol. The van der Waals surface area contributed by atoms with Gasteiger partial charge in [-0.15, -0.1) is 0 Å². The van der Waals surface area contributed by atoms with E-state index >= 15 is 0 Å². The van der Waals surface area contributed by atoms with Crippen LogP contribution in [0.25, 0.3) is 0 Å². The molecule has 13 heavy (non-hydrogen) atoms. The highest BCUT2D eigenvalue weighted by atomic mass is 16.5. The second-order valence-corrected chi connectivity index (χ2v) is 3.08. The van der Waals surface area contributed by atoms with Gasteiger partial charge in [-0.25, -0.2) is 0 Å². The van der Waals surface area contributed by atoms with E-state index in [4.69, 9.17) is 15.6 Å². The number of carboxylic acid groups (broad SMARTS) is 1. The zero-order valence-corrected chi connectivity index (χ0v) is 8.16. The van der Waals surface area contributed by atoms with Crippen molar-refractivity contribution in [2.75, 3.05) is 13.2 Å². The number of unbranched alkanes of at least 4 members (excludes halogenated alkanes) is 3. The molecule has 0 heterocycles. The summed E-state index contributed by atoms with van der Waals surface area (Å²) >= 11 is 0. The first-order valence-electron chi connectivity index (χ1n) is 4.74. The Labute approximate surface area is 79.1 Å². The molecule has 0 amide bonds. The fraction of sp³-hybridized carbons (Fsp3) is 0.889. The summed E-state index contributed by atoms with van der Waals surface area (Å²) in [5, 5.41) is 8.42.